The Morgan fingerprint density at radius 2 is 1.84 bits per heavy atom. The molecule has 0 spiro atoms. The first-order valence-corrected chi connectivity index (χ1v) is 10.1. The van der Waals surface area contributed by atoms with Gasteiger partial charge in [0.1, 0.15) is 5.78 Å². The molecule has 1 saturated carbocycles. The Kier molecular flexibility index (Phi) is 10.6. The molecule has 0 aromatic carbocycles. The van der Waals surface area contributed by atoms with E-state index in [0.717, 1.165) is 57.8 Å². The number of hydrogen-bond donors (Lipinski definition) is 3. The van der Waals surface area contributed by atoms with E-state index in [1.165, 1.54) is 0 Å². The maximum Gasteiger partial charge on any atom is 0.139 e. The minimum Gasteiger partial charge on any atom is -0.396 e. The fourth-order valence-electron chi connectivity index (χ4n) is 3.74. The van der Waals surface area contributed by atoms with E-state index >= 15 is 0 Å². The molecule has 3 N–H and O–H groups in total. The molecule has 146 valence electrons. The van der Waals surface area contributed by atoms with Crippen molar-refractivity contribution >= 4 is 5.78 Å². The van der Waals surface area contributed by atoms with E-state index in [1.807, 2.05) is 19.1 Å². The maximum absolute atomic E-state index is 12.2. The topological polar surface area (TPSA) is 77.8 Å². The molecule has 1 rings (SSSR count). The number of carbonyl (C=O) groups is 1. The smallest absolute Gasteiger partial charge is 0.139 e. The number of aliphatic hydroxyl groups excluding tert-OH is 2. The molecule has 1 aliphatic carbocycles. The molecule has 0 radical (unpaired) electrons. The van der Waals surface area contributed by atoms with E-state index < -0.39 is 11.7 Å². The van der Waals surface area contributed by atoms with Gasteiger partial charge in [0.25, 0.3) is 0 Å². The molecule has 0 saturated heterocycles. The quantitative estimate of drug-likeness (QED) is 0.347. The largest absolute Gasteiger partial charge is 0.396 e. The third-order valence-corrected chi connectivity index (χ3v) is 5.39. The van der Waals surface area contributed by atoms with Gasteiger partial charge in [-0.25, -0.2) is 0 Å². The van der Waals surface area contributed by atoms with E-state index in [-0.39, 0.29) is 30.6 Å². The molecule has 0 bridgehead atoms. The number of aliphatic hydroxyl groups is 3. The molecule has 4 heteroatoms. The summed E-state index contributed by atoms with van der Waals surface area (Å²) in [5.41, 5.74) is -0.706. The average molecular weight is 355 g/mol. The SMILES string of the molecule is CCCCC(C)(O)C/C=C/C1C(O)CC(=O)C1CCCCCCCO. The first-order chi connectivity index (χ1) is 11.9. The van der Waals surface area contributed by atoms with E-state index in [2.05, 4.69) is 6.92 Å². The normalized spacial score (nSPS) is 26.4. The van der Waals surface area contributed by atoms with Crippen molar-refractivity contribution in [2.75, 3.05) is 6.61 Å². The van der Waals surface area contributed by atoms with Gasteiger partial charge in [-0.05, 0) is 32.6 Å². The summed E-state index contributed by atoms with van der Waals surface area (Å²) in [6.45, 7) is 4.22. The Morgan fingerprint density at radius 3 is 2.52 bits per heavy atom. The number of hydrogen-bond acceptors (Lipinski definition) is 4. The van der Waals surface area contributed by atoms with Crippen LogP contribution in [0.5, 0.6) is 0 Å². The highest BCUT2D eigenvalue weighted by Gasteiger charge is 2.39. The van der Waals surface area contributed by atoms with Gasteiger partial charge in [0, 0.05) is 24.9 Å². The summed E-state index contributed by atoms with van der Waals surface area (Å²) >= 11 is 0. The number of carbonyl (C=O) groups excluding carboxylic acids is 1. The van der Waals surface area contributed by atoms with Crippen molar-refractivity contribution in [1.29, 1.82) is 0 Å². The van der Waals surface area contributed by atoms with Gasteiger partial charge in [0.05, 0.1) is 11.7 Å². The molecule has 4 unspecified atom stereocenters. The monoisotopic (exact) mass is 354 g/mol. The highest BCUT2D eigenvalue weighted by molar-refractivity contribution is 5.84. The summed E-state index contributed by atoms with van der Waals surface area (Å²) < 4.78 is 0. The Labute approximate surface area is 153 Å². The van der Waals surface area contributed by atoms with Crippen LogP contribution < -0.4 is 0 Å². The van der Waals surface area contributed by atoms with Crippen molar-refractivity contribution < 1.29 is 20.1 Å². The van der Waals surface area contributed by atoms with E-state index in [9.17, 15) is 15.0 Å². The molecule has 0 aromatic rings. The first kappa shape index (κ1) is 22.3. The maximum atomic E-state index is 12.2. The lowest BCUT2D eigenvalue weighted by Gasteiger charge is -2.22. The predicted molar refractivity (Wildman–Crippen MR) is 101 cm³/mol. The van der Waals surface area contributed by atoms with Crippen LogP contribution in [0.3, 0.4) is 0 Å². The lowest BCUT2D eigenvalue weighted by molar-refractivity contribution is -0.121. The van der Waals surface area contributed by atoms with Gasteiger partial charge < -0.3 is 15.3 Å². The van der Waals surface area contributed by atoms with Crippen molar-refractivity contribution in [3.63, 3.8) is 0 Å². The van der Waals surface area contributed by atoms with Crippen LogP contribution in [0.2, 0.25) is 0 Å². The molecule has 1 fully saturated rings. The zero-order valence-electron chi connectivity index (χ0n) is 16.1. The standard InChI is InChI=1S/C21H38O4/c1-3-4-13-21(2,25)14-10-12-18-17(19(23)16-20(18)24)11-8-6-5-7-9-15-22/h10,12,17-18,20,22,24-25H,3-9,11,13-16H2,1-2H3/b12-10+. The third kappa shape index (κ3) is 8.48. The second-order valence-electron chi connectivity index (χ2n) is 7.93. The Hall–Kier alpha value is -0.710. The highest BCUT2D eigenvalue weighted by Crippen LogP contribution is 2.34. The van der Waals surface area contributed by atoms with E-state index in [4.69, 9.17) is 5.11 Å². The lowest BCUT2D eigenvalue weighted by atomic mass is 9.87. The molecule has 4 atom stereocenters. The number of unbranched alkanes of at least 4 members (excludes halogenated alkanes) is 5. The van der Waals surface area contributed by atoms with Crippen LogP contribution in [0.25, 0.3) is 0 Å². The zero-order valence-corrected chi connectivity index (χ0v) is 16.1. The summed E-state index contributed by atoms with van der Waals surface area (Å²) in [6, 6.07) is 0. The highest BCUT2D eigenvalue weighted by atomic mass is 16.3. The molecular formula is C21H38O4. The van der Waals surface area contributed by atoms with Crippen molar-refractivity contribution in [1.82, 2.24) is 0 Å². The molecule has 0 aromatic heterocycles. The second kappa shape index (κ2) is 11.8. The van der Waals surface area contributed by atoms with Gasteiger partial charge in [-0.1, -0.05) is 57.6 Å². The molecule has 1 aliphatic rings. The molecule has 4 nitrogen and oxygen atoms in total. The van der Waals surface area contributed by atoms with Gasteiger partial charge >= 0.3 is 0 Å². The minimum atomic E-state index is -0.706. The second-order valence-corrected chi connectivity index (χ2v) is 7.93. The molecular weight excluding hydrogens is 316 g/mol. The Balaban J connectivity index is 2.45. The van der Waals surface area contributed by atoms with E-state index in [0.29, 0.717) is 6.42 Å². The number of rotatable bonds is 13. The first-order valence-electron chi connectivity index (χ1n) is 10.1. The van der Waals surface area contributed by atoms with Gasteiger partial charge in [-0.3, -0.25) is 4.79 Å². The lowest BCUT2D eigenvalue weighted by Crippen LogP contribution is -2.23. The van der Waals surface area contributed by atoms with Crippen molar-refractivity contribution in [2.45, 2.75) is 96.2 Å². The van der Waals surface area contributed by atoms with Crippen molar-refractivity contribution in [2.24, 2.45) is 11.8 Å². The minimum absolute atomic E-state index is 0.0790. The van der Waals surface area contributed by atoms with Crippen LogP contribution in [0, 0.1) is 11.8 Å². The van der Waals surface area contributed by atoms with Crippen LogP contribution in [0.4, 0.5) is 0 Å². The predicted octanol–water partition coefficient (Wildman–Crippen LogP) is 3.77. The third-order valence-electron chi connectivity index (χ3n) is 5.39. The molecule has 0 amide bonds. The summed E-state index contributed by atoms with van der Waals surface area (Å²) in [5, 5.41) is 29.3. The zero-order chi connectivity index (χ0) is 18.7. The number of Topliss-reactive ketones (excluding diaryl/α,β-unsaturated/α-hetero) is 1. The van der Waals surface area contributed by atoms with Crippen molar-refractivity contribution in [3.8, 4) is 0 Å². The van der Waals surface area contributed by atoms with Crippen molar-refractivity contribution in [3.05, 3.63) is 12.2 Å². The van der Waals surface area contributed by atoms with Gasteiger partial charge in [-0.2, -0.15) is 0 Å². The Morgan fingerprint density at radius 1 is 1.16 bits per heavy atom. The van der Waals surface area contributed by atoms with Crippen LogP contribution >= 0.6 is 0 Å². The summed E-state index contributed by atoms with van der Waals surface area (Å²) in [4.78, 5) is 12.2. The summed E-state index contributed by atoms with van der Waals surface area (Å²) in [6.07, 6.45) is 12.9. The van der Waals surface area contributed by atoms with Crippen LogP contribution in [0.1, 0.15) is 84.5 Å². The van der Waals surface area contributed by atoms with Gasteiger partial charge in [0.15, 0.2) is 0 Å². The van der Waals surface area contributed by atoms with Crippen LogP contribution in [0.15, 0.2) is 12.2 Å². The summed E-state index contributed by atoms with van der Waals surface area (Å²) in [7, 11) is 0. The van der Waals surface area contributed by atoms with Gasteiger partial charge in [0.2, 0.25) is 0 Å². The molecule has 0 heterocycles. The van der Waals surface area contributed by atoms with Gasteiger partial charge in [-0.15, -0.1) is 0 Å². The molecule has 25 heavy (non-hydrogen) atoms. The fourth-order valence-corrected chi connectivity index (χ4v) is 3.74. The summed E-state index contributed by atoms with van der Waals surface area (Å²) in [5.74, 6) is -0.00755. The number of ketones is 1. The van der Waals surface area contributed by atoms with Crippen LogP contribution in [-0.2, 0) is 4.79 Å². The molecule has 0 aliphatic heterocycles. The van der Waals surface area contributed by atoms with E-state index in [1.54, 1.807) is 0 Å². The average Bonchev–Trinajstić information content (AvgIpc) is 2.82. The Bertz CT molecular complexity index is 403. The van der Waals surface area contributed by atoms with Crippen LogP contribution in [-0.4, -0.2) is 39.4 Å². The fraction of sp³-hybridized carbons (Fsp3) is 0.857.